The number of rotatable bonds is 5. The summed E-state index contributed by atoms with van der Waals surface area (Å²) < 4.78 is 4.10. The van der Waals surface area contributed by atoms with E-state index >= 15 is 0 Å². The van der Waals surface area contributed by atoms with Gasteiger partial charge in [-0.05, 0) is 51.7 Å². The highest BCUT2D eigenvalue weighted by Crippen LogP contribution is 2.30. The second-order valence-electron chi connectivity index (χ2n) is 7.65. The Bertz CT molecular complexity index is 1130. The Balaban J connectivity index is 1.55. The van der Waals surface area contributed by atoms with Crippen LogP contribution in [0.4, 0.5) is 5.95 Å². The van der Waals surface area contributed by atoms with E-state index < -0.39 is 0 Å². The number of anilines is 1. The van der Waals surface area contributed by atoms with Crippen molar-refractivity contribution in [3.05, 3.63) is 36.5 Å². The summed E-state index contributed by atoms with van der Waals surface area (Å²) in [5.74, 6) is 2.45. The zero-order valence-electron chi connectivity index (χ0n) is 15.8. The number of imidazole rings is 1. The molecule has 4 aromatic rings. The predicted molar refractivity (Wildman–Crippen MR) is 106 cm³/mol. The maximum absolute atomic E-state index is 4.59. The smallest absolute Gasteiger partial charge is 0.241 e. The van der Waals surface area contributed by atoms with Crippen LogP contribution in [0.5, 0.6) is 0 Å². The number of hydrogen-bond donors (Lipinski definition) is 1. The number of pyridine rings is 1. The maximum Gasteiger partial charge on any atom is 0.241 e. The molecule has 0 amide bonds. The summed E-state index contributed by atoms with van der Waals surface area (Å²) in [4.78, 5) is 13.7. The Morgan fingerprint density at radius 3 is 2.81 bits per heavy atom. The van der Waals surface area contributed by atoms with Crippen LogP contribution in [0.3, 0.4) is 0 Å². The normalized spacial score (nSPS) is 14.5. The van der Waals surface area contributed by atoms with Crippen LogP contribution in [0.1, 0.15) is 38.6 Å². The van der Waals surface area contributed by atoms with Crippen molar-refractivity contribution in [1.29, 1.82) is 0 Å². The summed E-state index contributed by atoms with van der Waals surface area (Å²) in [5.41, 5.74) is 4.95. The first-order valence-electron chi connectivity index (χ1n) is 9.53. The third-order valence-electron chi connectivity index (χ3n) is 5.21. The zero-order valence-corrected chi connectivity index (χ0v) is 15.8. The summed E-state index contributed by atoms with van der Waals surface area (Å²) in [6.45, 7) is 7.31. The zero-order chi connectivity index (χ0) is 18.5. The first kappa shape index (κ1) is 16.2. The average Bonchev–Trinajstić information content (AvgIpc) is 3.28. The van der Waals surface area contributed by atoms with Crippen molar-refractivity contribution in [3.63, 3.8) is 0 Å². The van der Waals surface area contributed by atoms with Gasteiger partial charge in [0.15, 0.2) is 5.65 Å². The summed E-state index contributed by atoms with van der Waals surface area (Å²) in [6, 6.07) is 4.57. The molecule has 0 bridgehead atoms. The van der Waals surface area contributed by atoms with Crippen LogP contribution in [0.15, 0.2) is 30.7 Å². The summed E-state index contributed by atoms with van der Waals surface area (Å²) >= 11 is 0. The fourth-order valence-electron chi connectivity index (χ4n) is 3.67. The van der Waals surface area contributed by atoms with Crippen molar-refractivity contribution >= 4 is 22.6 Å². The lowest BCUT2D eigenvalue weighted by molar-refractivity contribution is 0.600. The van der Waals surface area contributed by atoms with Gasteiger partial charge in [-0.3, -0.25) is 0 Å². The van der Waals surface area contributed by atoms with Gasteiger partial charge in [-0.25, -0.2) is 19.5 Å². The second kappa shape index (κ2) is 6.04. The average molecular weight is 361 g/mol. The molecule has 0 radical (unpaired) electrons. The largest absolute Gasteiger partial charge is 0.353 e. The number of nitrogens with zero attached hydrogens (tertiary/aromatic N) is 6. The topological polar surface area (TPSA) is 72.9 Å². The first-order valence-corrected chi connectivity index (χ1v) is 9.53. The fourth-order valence-corrected chi connectivity index (χ4v) is 3.67. The van der Waals surface area contributed by atoms with Crippen LogP contribution in [0.25, 0.3) is 27.8 Å². The van der Waals surface area contributed by atoms with Gasteiger partial charge in [0, 0.05) is 36.1 Å². The first-order chi connectivity index (χ1) is 13.1. The van der Waals surface area contributed by atoms with E-state index in [9.17, 15) is 0 Å². The lowest BCUT2D eigenvalue weighted by Crippen LogP contribution is -2.08. The molecule has 0 aromatic carbocycles. The van der Waals surface area contributed by atoms with Crippen LogP contribution < -0.4 is 5.32 Å². The van der Waals surface area contributed by atoms with Gasteiger partial charge in [0.2, 0.25) is 5.95 Å². The van der Waals surface area contributed by atoms with Gasteiger partial charge >= 0.3 is 0 Å². The number of nitrogens with one attached hydrogen (secondary N) is 1. The molecule has 1 fully saturated rings. The molecule has 4 aromatic heterocycles. The highest BCUT2D eigenvalue weighted by Gasteiger charge is 2.21. The molecule has 1 N–H and O–H groups in total. The highest BCUT2D eigenvalue weighted by molar-refractivity contribution is 5.85. The lowest BCUT2D eigenvalue weighted by Gasteiger charge is -2.11. The van der Waals surface area contributed by atoms with E-state index in [1.807, 2.05) is 30.0 Å². The minimum Gasteiger partial charge on any atom is -0.353 e. The monoisotopic (exact) mass is 361 g/mol. The molecule has 27 heavy (non-hydrogen) atoms. The van der Waals surface area contributed by atoms with Crippen molar-refractivity contribution in [2.45, 2.75) is 39.7 Å². The summed E-state index contributed by atoms with van der Waals surface area (Å²) in [7, 11) is 0. The molecular weight excluding hydrogens is 338 g/mol. The Hall–Kier alpha value is -2.96. The molecule has 1 aliphatic carbocycles. The molecule has 0 spiro atoms. The lowest BCUT2D eigenvalue weighted by atomic mass is 10.1. The Labute approximate surface area is 157 Å². The van der Waals surface area contributed by atoms with Gasteiger partial charge in [0.25, 0.3) is 0 Å². The summed E-state index contributed by atoms with van der Waals surface area (Å²) in [6.07, 6.45) is 8.36. The minimum atomic E-state index is 0.335. The van der Waals surface area contributed by atoms with Crippen LogP contribution in [0, 0.1) is 12.8 Å². The molecule has 1 saturated carbocycles. The molecule has 5 rings (SSSR count). The van der Waals surface area contributed by atoms with E-state index in [-0.39, 0.29) is 0 Å². The van der Waals surface area contributed by atoms with Crippen molar-refractivity contribution in [2.75, 3.05) is 11.9 Å². The van der Waals surface area contributed by atoms with Crippen LogP contribution in [0.2, 0.25) is 0 Å². The molecule has 0 saturated heterocycles. The molecule has 4 heterocycles. The van der Waals surface area contributed by atoms with Gasteiger partial charge in [-0.1, -0.05) is 0 Å². The quantitative estimate of drug-likeness (QED) is 0.584. The van der Waals surface area contributed by atoms with Gasteiger partial charge in [-0.2, -0.15) is 0 Å². The van der Waals surface area contributed by atoms with Crippen LogP contribution in [-0.4, -0.2) is 35.7 Å². The number of hydrogen-bond acceptors (Lipinski definition) is 5. The van der Waals surface area contributed by atoms with Crippen LogP contribution in [-0.2, 0) is 0 Å². The van der Waals surface area contributed by atoms with E-state index in [0.717, 1.165) is 46.1 Å². The predicted octanol–water partition coefficient (Wildman–Crippen LogP) is 3.85. The van der Waals surface area contributed by atoms with Crippen molar-refractivity contribution in [2.24, 2.45) is 5.92 Å². The van der Waals surface area contributed by atoms with Crippen LogP contribution >= 0.6 is 0 Å². The van der Waals surface area contributed by atoms with E-state index in [1.165, 1.54) is 12.8 Å². The molecule has 7 nitrogen and oxygen atoms in total. The van der Waals surface area contributed by atoms with Crippen molar-refractivity contribution < 1.29 is 0 Å². The molecular formula is C20H23N7. The number of aromatic nitrogens is 6. The van der Waals surface area contributed by atoms with Crippen molar-refractivity contribution in [3.8, 4) is 11.1 Å². The number of aryl methyl sites for hydroxylation is 1. The highest BCUT2D eigenvalue weighted by atomic mass is 15.3. The van der Waals surface area contributed by atoms with Gasteiger partial charge < -0.3 is 9.88 Å². The molecule has 138 valence electrons. The Morgan fingerprint density at radius 2 is 2.04 bits per heavy atom. The standard InChI is InChI=1S/C20H23N7/c1-12(2)27-13(3)24-19-17(27)8-15(10-21-19)16-6-7-26-18(16)11-23-20(25-26)22-9-14-4-5-14/h6-8,10-12,14H,4-5,9H2,1-3H3,(H,22,25). The van der Waals surface area contributed by atoms with E-state index in [4.69, 9.17) is 0 Å². The molecule has 0 aliphatic heterocycles. The molecule has 1 aliphatic rings. The summed E-state index contributed by atoms with van der Waals surface area (Å²) in [5, 5.41) is 7.92. The van der Waals surface area contributed by atoms with E-state index in [2.05, 4.69) is 55.9 Å². The third-order valence-corrected chi connectivity index (χ3v) is 5.21. The third kappa shape index (κ3) is 2.83. The molecule has 0 atom stereocenters. The van der Waals surface area contributed by atoms with E-state index in [1.54, 1.807) is 0 Å². The number of fused-ring (bicyclic) bond motifs is 2. The van der Waals surface area contributed by atoms with Gasteiger partial charge in [0.05, 0.1) is 17.2 Å². The Morgan fingerprint density at radius 1 is 1.19 bits per heavy atom. The second-order valence-corrected chi connectivity index (χ2v) is 7.65. The van der Waals surface area contributed by atoms with Crippen molar-refractivity contribution in [1.82, 2.24) is 29.1 Å². The molecule has 0 unspecified atom stereocenters. The van der Waals surface area contributed by atoms with Gasteiger partial charge in [0.1, 0.15) is 5.82 Å². The fraction of sp³-hybridized carbons (Fsp3) is 0.400. The van der Waals surface area contributed by atoms with Gasteiger partial charge in [-0.15, -0.1) is 5.10 Å². The SMILES string of the molecule is Cc1nc2ncc(-c3ccn4nc(NCC5CC5)ncc34)cc2n1C(C)C. The van der Waals surface area contributed by atoms with E-state index in [0.29, 0.717) is 12.0 Å². The minimum absolute atomic E-state index is 0.335. The Kier molecular flexibility index (Phi) is 3.63. The molecule has 7 heteroatoms. The maximum atomic E-state index is 4.59.